The third-order valence-electron chi connectivity index (χ3n) is 4.21. The molecule has 1 aromatic rings. The molecule has 1 aliphatic heterocycles. The summed E-state index contributed by atoms with van der Waals surface area (Å²) < 4.78 is 32.5. The van der Waals surface area contributed by atoms with Gasteiger partial charge in [-0.1, -0.05) is 13.8 Å². The number of nitrogens with zero attached hydrogens (tertiary/aromatic N) is 3. The summed E-state index contributed by atoms with van der Waals surface area (Å²) in [5.74, 6) is 0.534. The summed E-state index contributed by atoms with van der Waals surface area (Å²) in [6.45, 7) is 7.10. The SMILES string of the molecule is C/C(CCC(C)C)=N\Nc1ccc([N+](=O)[O-])cc1S(=O)(=O)N1CCOCC1. The maximum absolute atomic E-state index is 13.0. The highest BCUT2D eigenvalue weighted by Gasteiger charge is 2.30. The molecule has 1 saturated heterocycles. The lowest BCUT2D eigenvalue weighted by atomic mass is 10.1. The van der Waals surface area contributed by atoms with Gasteiger partial charge in [-0.05, 0) is 31.7 Å². The van der Waals surface area contributed by atoms with Crippen LogP contribution in [0.5, 0.6) is 0 Å². The van der Waals surface area contributed by atoms with E-state index in [4.69, 9.17) is 4.74 Å². The Labute approximate surface area is 159 Å². The van der Waals surface area contributed by atoms with Gasteiger partial charge in [-0.2, -0.15) is 9.41 Å². The predicted octanol–water partition coefficient (Wildman–Crippen LogP) is 2.84. The number of non-ortho nitro benzene ring substituents is 1. The lowest BCUT2D eigenvalue weighted by Crippen LogP contribution is -2.40. The Morgan fingerprint density at radius 3 is 2.63 bits per heavy atom. The van der Waals surface area contributed by atoms with Crippen molar-refractivity contribution in [3.8, 4) is 0 Å². The van der Waals surface area contributed by atoms with E-state index in [2.05, 4.69) is 24.4 Å². The van der Waals surface area contributed by atoms with E-state index < -0.39 is 14.9 Å². The highest BCUT2D eigenvalue weighted by Crippen LogP contribution is 2.29. The number of nitro benzene ring substituents is 1. The molecule has 0 amide bonds. The van der Waals surface area contributed by atoms with Crippen molar-refractivity contribution in [1.29, 1.82) is 0 Å². The van der Waals surface area contributed by atoms with Crippen molar-refractivity contribution in [2.45, 2.75) is 38.5 Å². The topological polar surface area (TPSA) is 114 Å². The number of nitro groups is 1. The van der Waals surface area contributed by atoms with E-state index in [1.807, 2.05) is 6.92 Å². The second-order valence-electron chi connectivity index (χ2n) is 6.85. The lowest BCUT2D eigenvalue weighted by Gasteiger charge is -2.26. The van der Waals surface area contributed by atoms with Gasteiger partial charge >= 0.3 is 0 Å². The normalized spacial score (nSPS) is 16.5. The summed E-state index contributed by atoms with van der Waals surface area (Å²) >= 11 is 0. The number of hydrogen-bond acceptors (Lipinski definition) is 7. The van der Waals surface area contributed by atoms with Crippen molar-refractivity contribution < 1.29 is 18.1 Å². The summed E-state index contributed by atoms with van der Waals surface area (Å²) in [6.07, 6.45) is 1.75. The Kier molecular flexibility index (Phi) is 7.28. The molecule has 0 atom stereocenters. The smallest absolute Gasteiger partial charge is 0.270 e. The molecule has 0 bridgehead atoms. The molecule has 27 heavy (non-hydrogen) atoms. The third kappa shape index (κ3) is 5.72. The first-order valence-corrected chi connectivity index (χ1v) is 10.3. The van der Waals surface area contributed by atoms with E-state index in [1.165, 1.54) is 16.4 Å². The van der Waals surface area contributed by atoms with Crippen LogP contribution in [0.25, 0.3) is 0 Å². The summed E-state index contributed by atoms with van der Waals surface area (Å²) in [7, 11) is -3.91. The number of anilines is 1. The molecule has 0 saturated carbocycles. The second-order valence-corrected chi connectivity index (χ2v) is 8.75. The van der Waals surface area contributed by atoms with Gasteiger partial charge in [0.15, 0.2) is 0 Å². The van der Waals surface area contributed by atoms with Crippen LogP contribution in [0.2, 0.25) is 0 Å². The quantitative estimate of drug-likeness (QED) is 0.409. The van der Waals surface area contributed by atoms with Gasteiger partial charge in [0.05, 0.1) is 23.8 Å². The molecule has 9 nitrogen and oxygen atoms in total. The summed E-state index contributed by atoms with van der Waals surface area (Å²) in [5, 5.41) is 15.4. The van der Waals surface area contributed by atoms with E-state index in [9.17, 15) is 18.5 Å². The first kappa shape index (κ1) is 21.3. The molecule has 0 spiro atoms. The number of hydrazone groups is 1. The molecule has 1 fully saturated rings. The molecule has 1 heterocycles. The first-order valence-electron chi connectivity index (χ1n) is 8.87. The minimum absolute atomic E-state index is 0.154. The van der Waals surface area contributed by atoms with Gasteiger partial charge < -0.3 is 4.74 Å². The molecule has 2 rings (SSSR count). The van der Waals surface area contributed by atoms with Crippen molar-refractivity contribution in [3.05, 3.63) is 28.3 Å². The number of morpholine rings is 1. The largest absolute Gasteiger partial charge is 0.379 e. The van der Waals surface area contributed by atoms with E-state index in [0.29, 0.717) is 19.1 Å². The molecule has 1 aromatic carbocycles. The number of rotatable bonds is 8. The van der Waals surface area contributed by atoms with Gasteiger partial charge in [0.1, 0.15) is 4.90 Å². The van der Waals surface area contributed by atoms with Crippen molar-refractivity contribution in [3.63, 3.8) is 0 Å². The monoisotopic (exact) mass is 398 g/mol. The van der Waals surface area contributed by atoms with Crippen LogP contribution in [-0.4, -0.2) is 49.7 Å². The van der Waals surface area contributed by atoms with Crippen molar-refractivity contribution in [1.82, 2.24) is 4.31 Å². The molecule has 150 valence electrons. The zero-order chi connectivity index (χ0) is 20.0. The maximum Gasteiger partial charge on any atom is 0.270 e. The lowest BCUT2D eigenvalue weighted by molar-refractivity contribution is -0.385. The van der Waals surface area contributed by atoms with Crippen LogP contribution >= 0.6 is 0 Å². The standard InChI is InChI=1S/C17H26N4O5S/c1-13(2)4-5-14(3)18-19-16-7-6-15(21(22)23)12-17(16)27(24,25)20-8-10-26-11-9-20/h6-7,12-13,19H,4-5,8-11H2,1-3H3/b18-14+. The Balaban J connectivity index is 2.34. The molecule has 1 N–H and O–H groups in total. The number of benzene rings is 1. The summed E-state index contributed by atoms with van der Waals surface area (Å²) in [5.41, 5.74) is 3.54. The molecule has 10 heteroatoms. The third-order valence-corrected chi connectivity index (χ3v) is 6.15. The van der Waals surface area contributed by atoms with Crippen LogP contribution in [-0.2, 0) is 14.8 Å². The number of sulfonamides is 1. The molecule has 0 aromatic heterocycles. The molecule has 1 aliphatic rings. The van der Waals surface area contributed by atoms with Gasteiger partial charge in [0, 0.05) is 30.9 Å². The molecule has 0 aliphatic carbocycles. The first-order chi connectivity index (χ1) is 12.7. The van der Waals surface area contributed by atoms with Crippen molar-refractivity contribution in [2.24, 2.45) is 11.0 Å². The van der Waals surface area contributed by atoms with E-state index in [0.717, 1.165) is 24.6 Å². The maximum atomic E-state index is 13.0. The van der Waals surface area contributed by atoms with Crippen LogP contribution in [0.1, 0.15) is 33.6 Å². The van der Waals surface area contributed by atoms with Crippen LogP contribution < -0.4 is 5.43 Å². The summed E-state index contributed by atoms with van der Waals surface area (Å²) in [4.78, 5) is 10.3. The van der Waals surface area contributed by atoms with Gasteiger partial charge in [-0.3, -0.25) is 15.5 Å². The van der Waals surface area contributed by atoms with E-state index >= 15 is 0 Å². The summed E-state index contributed by atoms with van der Waals surface area (Å²) in [6, 6.07) is 3.72. The Morgan fingerprint density at radius 2 is 2.04 bits per heavy atom. The Hall–Kier alpha value is -2.04. The minimum Gasteiger partial charge on any atom is -0.379 e. The van der Waals surface area contributed by atoms with E-state index in [-0.39, 0.29) is 29.4 Å². The zero-order valence-electron chi connectivity index (χ0n) is 15.8. The predicted molar refractivity (Wildman–Crippen MR) is 103 cm³/mol. The molecular formula is C17H26N4O5S. The van der Waals surface area contributed by atoms with Crippen molar-refractivity contribution >= 4 is 27.1 Å². The minimum atomic E-state index is -3.91. The van der Waals surface area contributed by atoms with Gasteiger partial charge in [0.2, 0.25) is 10.0 Å². The average Bonchev–Trinajstić information content (AvgIpc) is 2.65. The Morgan fingerprint density at radius 1 is 1.37 bits per heavy atom. The fourth-order valence-electron chi connectivity index (χ4n) is 2.57. The Bertz CT molecular complexity index is 802. The fourth-order valence-corrected chi connectivity index (χ4v) is 4.13. The van der Waals surface area contributed by atoms with Gasteiger partial charge in [0.25, 0.3) is 5.69 Å². The zero-order valence-corrected chi connectivity index (χ0v) is 16.7. The number of hydrogen-bond donors (Lipinski definition) is 1. The van der Waals surface area contributed by atoms with E-state index in [1.54, 1.807) is 0 Å². The number of nitrogens with one attached hydrogen (secondary N) is 1. The van der Waals surface area contributed by atoms with Crippen molar-refractivity contribution in [2.75, 3.05) is 31.7 Å². The second kappa shape index (κ2) is 9.25. The van der Waals surface area contributed by atoms with Gasteiger partial charge in [-0.15, -0.1) is 0 Å². The van der Waals surface area contributed by atoms with Crippen LogP contribution in [0.4, 0.5) is 11.4 Å². The highest BCUT2D eigenvalue weighted by molar-refractivity contribution is 7.89. The molecule has 0 unspecified atom stereocenters. The fraction of sp³-hybridized carbons (Fsp3) is 0.588. The van der Waals surface area contributed by atoms with Crippen LogP contribution in [0, 0.1) is 16.0 Å². The van der Waals surface area contributed by atoms with Gasteiger partial charge in [-0.25, -0.2) is 8.42 Å². The van der Waals surface area contributed by atoms with Crippen LogP contribution in [0.3, 0.4) is 0 Å². The number of ether oxygens (including phenoxy) is 1. The molecular weight excluding hydrogens is 372 g/mol. The molecule has 0 radical (unpaired) electrons. The highest BCUT2D eigenvalue weighted by atomic mass is 32.2. The van der Waals surface area contributed by atoms with Crippen LogP contribution in [0.15, 0.2) is 28.2 Å². The average molecular weight is 398 g/mol.